The van der Waals surface area contributed by atoms with Crippen LogP contribution in [0.5, 0.6) is 0 Å². The summed E-state index contributed by atoms with van der Waals surface area (Å²) in [5, 5.41) is 9.89. The van der Waals surface area contributed by atoms with Gasteiger partial charge in [0.25, 0.3) is 0 Å². The SMILES string of the molecule is CCCCC/C=C\C/C=C\C/C=C\C/C=C\CCCC(=O)OC[C@H](COP(=O)(O)OCCN)OC(=O)CCC/C=C\C/C=C\C/C=C\C=C\[C@@H](O)CCCCC. The molecule has 0 amide bonds. The van der Waals surface area contributed by atoms with Crippen LogP contribution in [-0.2, 0) is 32.7 Å². The van der Waals surface area contributed by atoms with Crippen LogP contribution in [0.2, 0.25) is 0 Å². The van der Waals surface area contributed by atoms with Gasteiger partial charge in [0, 0.05) is 19.4 Å². The maximum absolute atomic E-state index is 12.5. The Morgan fingerprint density at radius 1 is 0.625 bits per heavy atom. The summed E-state index contributed by atoms with van der Waals surface area (Å²) < 4.78 is 32.6. The Bertz CT molecular complexity index is 1250. The summed E-state index contributed by atoms with van der Waals surface area (Å²) in [6.07, 6.45) is 47.7. The van der Waals surface area contributed by atoms with Gasteiger partial charge < -0.3 is 25.2 Å². The van der Waals surface area contributed by atoms with Crippen molar-refractivity contribution >= 4 is 19.8 Å². The van der Waals surface area contributed by atoms with Crippen molar-refractivity contribution in [2.45, 2.75) is 148 Å². The van der Waals surface area contributed by atoms with Crippen molar-refractivity contribution in [1.29, 1.82) is 0 Å². The molecule has 0 aliphatic carbocycles. The lowest BCUT2D eigenvalue weighted by atomic mass is 10.1. The van der Waals surface area contributed by atoms with Gasteiger partial charge in [0.05, 0.1) is 19.3 Å². The average Bonchev–Trinajstić information content (AvgIpc) is 3.18. The molecule has 1 unspecified atom stereocenters. The predicted octanol–water partition coefficient (Wildman–Crippen LogP) is 10.8. The monoisotopic (exact) mass is 804 g/mol. The quantitative estimate of drug-likeness (QED) is 0.0182. The number of hydrogen-bond acceptors (Lipinski definition) is 9. The molecule has 56 heavy (non-hydrogen) atoms. The molecule has 0 rings (SSSR count). The normalized spacial score (nSPS) is 14.9. The highest BCUT2D eigenvalue weighted by molar-refractivity contribution is 7.47. The average molecular weight is 804 g/mol. The minimum Gasteiger partial charge on any atom is -0.462 e. The van der Waals surface area contributed by atoms with Crippen molar-refractivity contribution in [1.82, 2.24) is 0 Å². The van der Waals surface area contributed by atoms with Crippen molar-refractivity contribution in [3.05, 3.63) is 97.2 Å². The summed E-state index contributed by atoms with van der Waals surface area (Å²) in [5.41, 5.74) is 5.33. The number of hydrogen-bond donors (Lipinski definition) is 3. The lowest BCUT2D eigenvalue weighted by Crippen LogP contribution is -2.29. The van der Waals surface area contributed by atoms with E-state index in [1.54, 1.807) is 0 Å². The Kier molecular flexibility index (Phi) is 37.9. The lowest BCUT2D eigenvalue weighted by molar-refractivity contribution is -0.161. The summed E-state index contributed by atoms with van der Waals surface area (Å²) in [6.45, 7) is 3.40. The molecule has 0 bridgehead atoms. The first-order valence-corrected chi connectivity index (χ1v) is 22.3. The Labute approximate surface area is 339 Å². The van der Waals surface area contributed by atoms with E-state index < -0.39 is 32.5 Å². The van der Waals surface area contributed by atoms with Crippen LogP contribution in [-0.4, -0.2) is 60.5 Å². The van der Waals surface area contributed by atoms with Gasteiger partial charge >= 0.3 is 19.8 Å². The molecule has 318 valence electrons. The number of carbonyl (C=O) groups excluding carboxylic acids is 2. The molecule has 0 fully saturated rings. The first-order valence-electron chi connectivity index (χ1n) is 20.8. The molecule has 11 heteroatoms. The fourth-order valence-electron chi connectivity index (χ4n) is 4.90. The minimum absolute atomic E-state index is 0.0245. The standard InChI is InChI=1S/C45H74NO9P/c1-3-5-7-8-9-10-11-12-13-14-15-16-19-22-25-28-32-36-44(48)52-40-43(41-54-56(50,51)53-39-38-46)55-45(49)37-33-29-26-23-20-17-18-21-24-27-31-35-42(47)34-30-6-4-2/h9-10,12-13,15-18,22-27,31,35,42-43,47H,3-8,11,14,19-21,28-30,32-34,36-41,46H2,1-2H3,(H,50,51)/b10-9-,13-12-,16-15-,18-17-,25-22-,26-23-,27-24-,35-31+/t42-,43+/m0/s1. The number of phosphoric ester groups is 1. The van der Waals surface area contributed by atoms with Gasteiger partial charge in [-0.25, -0.2) is 4.57 Å². The molecular weight excluding hydrogens is 729 g/mol. The first-order chi connectivity index (χ1) is 27.2. The fourth-order valence-corrected chi connectivity index (χ4v) is 5.67. The molecule has 0 aliphatic heterocycles. The second-order valence-corrected chi connectivity index (χ2v) is 14.8. The van der Waals surface area contributed by atoms with Gasteiger partial charge in [0.15, 0.2) is 6.10 Å². The highest BCUT2D eigenvalue weighted by atomic mass is 31.2. The summed E-state index contributed by atoms with van der Waals surface area (Å²) in [5.74, 6) is -0.998. The third kappa shape index (κ3) is 39.1. The van der Waals surface area contributed by atoms with Crippen LogP contribution in [0.1, 0.15) is 136 Å². The highest BCUT2D eigenvalue weighted by Gasteiger charge is 2.25. The van der Waals surface area contributed by atoms with Crippen LogP contribution in [0.4, 0.5) is 0 Å². The van der Waals surface area contributed by atoms with E-state index in [1.165, 1.54) is 19.3 Å². The molecule has 0 heterocycles. The molecule has 0 radical (unpaired) electrons. The number of rotatable bonds is 37. The van der Waals surface area contributed by atoms with E-state index in [9.17, 15) is 24.2 Å². The zero-order valence-electron chi connectivity index (χ0n) is 34.4. The summed E-state index contributed by atoms with van der Waals surface area (Å²) >= 11 is 0. The topological polar surface area (TPSA) is 155 Å². The molecule has 0 spiro atoms. The van der Waals surface area contributed by atoms with Gasteiger partial charge in [-0.2, -0.15) is 0 Å². The Balaban J connectivity index is 4.44. The molecule has 0 aromatic carbocycles. The molecule has 4 N–H and O–H groups in total. The van der Waals surface area contributed by atoms with Crippen LogP contribution < -0.4 is 5.73 Å². The number of aliphatic hydroxyl groups is 1. The fraction of sp³-hybridized carbons (Fsp3) is 0.600. The summed E-state index contributed by atoms with van der Waals surface area (Å²) in [7, 11) is -4.42. The maximum Gasteiger partial charge on any atom is 0.472 e. The lowest BCUT2D eigenvalue weighted by Gasteiger charge is -2.19. The van der Waals surface area contributed by atoms with Gasteiger partial charge in [-0.3, -0.25) is 18.6 Å². The van der Waals surface area contributed by atoms with Gasteiger partial charge in [-0.1, -0.05) is 143 Å². The predicted molar refractivity (Wildman–Crippen MR) is 230 cm³/mol. The first kappa shape index (κ1) is 52.9. The van der Waals surface area contributed by atoms with Crippen LogP contribution in [0.15, 0.2) is 97.2 Å². The molecule has 3 atom stereocenters. The maximum atomic E-state index is 12.5. The number of carbonyl (C=O) groups is 2. The van der Waals surface area contributed by atoms with Crippen molar-refractivity contribution in [3.8, 4) is 0 Å². The molecule has 0 aromatic rings. The van der Waals surface area contributed by atoms with Gasteiger partial charge in [0.1, 0.15) is 6.61 Å². The molecule has 0 saturated heterocycles. The third-order valence-corrected chi connectivity index (χ3v) is 9.03. The minimum atomic E-state index is -4.42. The van der Waals surface area contributed by atoms with Crippen LogP contribution in [0.3, 0.4) is 0 Å². The Morgan fingerprint density at radius 2 is 1.12 bits per heavy atom. The summed E-state index contributed by atoms with van der Waals surface area (Å²) in [4.78, 5) is 34.8. The number of esters is 2. The van der Waals surface area contributed by atoms with E-state index in [4.69, 9.17) is 24.3 Å². The number of phosphoric acid groups is 1. The van der Waals surface area contributed by atoms with Gasteiger partial charge in [-0.15, -0.1) is 0 Å². The van der Waals surface area contributed by atoms with Crippen LogP contribution in [0.25, 0.3) is 0 Å². The van der Waals surface area contributed by atoms with Crippen molar-refractivity contribution in [2.24, 2.45) is 5.73 Å². The van der Waals surface area contributed by atoms with Crippen LogP contribution in [0, 0.1) is 0 Å². The molecule has 0 aromatic heterocycles. The van der Waals surface area contributed by atoms with E-state index in [1.807, 2.05) is 42.5 Å². The zero-order chi connectivity index (χ0) is 41.2. The van der Waals surface area contributed by atoms with E-state index in [-0.39, 0.29) is 38.7 Å². The van der Waals surface area contributed by atoms with Crippen molar-refractivity contribution in [2.75, 3.05) is 26.4 Å². The third-order valence-electron chi connectivity index (χ3n) is 8.05. The van der Waals surface area contributed by atoms with E-state index in [2.05, 4.69) is 68.5 Å². The van der Waals surface area contributed by atoms with Crippen LogP contribution >= 0.6 is 7.82 Å². The molecular formula is C45H74NO9P. The summed E-state index contributed by atoms with van der Waals surface area (Å²) in [6, 6.07) is 0. The Hall–Kier alpha value is -3.11. The smallest absolute Gasteiger partial charge is 0.462 e. The van der Waals surface area contributed by atoms with Gasteiger partial charge in [-0.05, 0) is 77.0 Å². The van der Waals surface area contributed by atoms with Crippen molar-refractivity contribution < 1.29 is 42.7 Å². The number of unbranched alkanes of at least 4 members (excludes halogenated alkanes) is 7. The van der Waals surface area contributed by atoms with Crippen molar-refractivity contribution in [3.63, 3.8) is 0 Å². The Morgan fingerprint density at radius 3 is 1.68 bits per heavy atom. The number of ether oxygens (including phenoxy) is 2. The van der Waals surface area contributed by atoms with E-state index in [0.29, 0.717) is 25.7 Å². The number of allylic oxidation sites excluding steroid dienone is 15. The number of nitrogens with two attached hydrogens (primary N) is 1. The number of aliphatic hydroxyl groups excluding tert-OH is 1. The molecule has 10 nitrogen and oxygen atoms in total. The second-order valence-electron chi connectivity index (χ2n) is 13.3. The molecule has 0 saturated carbocycles. The second kappa shape index (κ2) is 40.1. The van der Waals surface area contributed by atoms with E-state index in [0.717, 1.165) is 64.2 Å². The van der Waals surface area contributed by atoms with Gasteiger partial charge in [0.2, 0.25) is 0 Å². The zero-order valence-corrected chi connectivity index (χ0v) is 35.3. The van der Waals surface area contributed by atoms with E-state index >= 15 is 0 Å². The largest absolute Gasteiger partial charge is 0.472 e. The highest BCUT2D eigenvalue weighted by Crippen LogP contribution is 2.43. The molecule has 0 aliphatic rings.